The molecule has 1 N–H and O–H groups in total. The minimum Gasteiger partial charge on any atom is -0.279 e. The average molecular weight is 346 g/mol. The number of hydrogen-bond donors (Lipinski definition) is 1. The van der Waals surface area contributed by atoms with Crippen LogP contribution in [0.4, 0.5) is 5.69 Å². The Labute approximate surface area is 146 Å². The van der Waals surface area contributed by atoms with Crippen LogP contribution in [-0.4, -0.2) is 8.42 Å². The quantitative estimate of drug-likeness (QED) is 0.666. The smallest absolute Gasteiger partial charge is 0.261 e. The molecule has 2 aromatic rings. The van der Waals surface area contributed by atoms with E-state index >= 15 is 0 Å². The Morgan fingerprint density at radius 3 is 2.08 bits per heavy atom. The van der Waals surface area contributed by atoms with Crippen LogP contribution in [0.15, 0.2) is 47.4 Å². The number of benzene rings is 2. The molecule has 3 nitrogen and oxygen atoms in total. The summed E-state index contributed by atoms with van der Waals surface area (Å²) in [6.45, 7) is 6.01. The highest BCUT2D eigenvalue weighted by atomic mass is 32.2. The second kappa shape index (κ2) is 8.34. The monoisotopic (exact) mass is 345 g/mol. The Balaban J connectivity index is 2.09. The summed E-state index contributed by atoms with van der Waals surface area (Å²) in [7, 11) is -3.55. The summed E-state index contributed by atoms with van der Waals surface area (Å²) >= 11 is 0. The molecule has 0 saturated heterocycles. The van der Waals surface area contributed by atoms with E-state index < -0.39 is 10.0 Å². The molecule has 0 fully saturated rings. The Hall–Kier alpha value is -1.81. The lowest BCUT2D eigenvalue weighted by molar-refractivity contribution is 0.601. The summed E-state index contributed by atoms with van der Waals surface area (Å²) in [5, 5.41) is 0. The van der Waals surface area contributed by atoms with Gasteiger partial charge in [0.2, 0.25) is 0 Å². The lowest BCUT2D eigenvalue weighted by Crippen LogP contribution is -2.14. The summed E-state index contributed by atoms with van der Waals surface area (Å²) in [6, 6.07) is 13.0. The first-order chi connectivity index (χ1) is 11.4. The zero-order valence-corrected chi connectivity index (χ0v) is 15.6. The molecule has 4 heteroatoms. The topological polar surface area (TPSA) is 46.2 Å². The first kappa shape index (κ1) is 18.5. The van der Waals surface area contributed by atoms with Crippen molar-refractivity contribution in [1.29, 1.82) is 0 Å². The number of anilines is 1. The number of sulfonamides is 1. The van der Waals surface area contributed by atoms with Crippen LogP contribution < -0.4 is 4.72 Å². The van der Waals surface area contributed by atoms with Gasteiger partial charge in [0.1, 0.15) is 0 Å². The van der Waals surface area contributed by atoms with Gasteiger partial charge < -0.3 is 0 Å². The highest BCUT2D eigenvalue weighted by molar-refractivity contribution is 7.92. The fraction of sp³-hybridized carbons (Fsp3) is 0.400. The van der Waals surface area contributed by atoms with Crippen LogP contribution in [0.3, 0.4) is 0 Å². The van der Waals surface area contributed by atoms with Gasteiger partial charge in [-0.3, -0.25) is 4.72 Å². The van der Waals surface area contributed by atoms with E-state index in [-0.39, 0.29) is 0 Å². The summed E-state index contributed by atoms with van der Waals surface area (Å²) in [5.74, 6) is 0. The van der Waals surface area contributed by atoms with Gasteiger partial charge in [-0.1, -0.05) is 56.5 Å². The molecule has 0 bridgehead atoms. The van der Waals surface area contributed by atoms with Gasteiger partial charge in [0.05, 0.1) is 10.6 Å². The predicted molar refractivity (Wildman–Crippen MR) is 101 cm³/mol. The van der Waals surface area contributed by atoms with E-state index in [0.717, 1.165) is 24.0 Å². The molecule has 0 radical (unpaired) electrons. The van der Waals surface area contributed by atoms with Crippen LogP contribution in [0.25, 0.3) is 0 Å². The highest BCUT2D eigenvalue weighted by Gasteiger charge is 2.16. The maximum atomic E-state index is 12.6. The van der Waals surface area contributed by atoms with Crippen molar-refractivity contribution in [2.24, 2.45) is 0 Å². The first-order valence-corrected chi connectivity index (χ1v) is 10.1. The van der Waals surface area contributed by atoms with Crippen LogP contribution in [0.2, 0.25) is 0 Å². The molecule has 0 unspecified atom stereocenters. The van der Waals surface area contributed by atoms with Crippen LogP contribution in [0.5, 0.6) is 0 Å². The van der Waals surface area contributed by atoms with E-state index in [1.165, 1.54) is 24.8 Å². The van der Waals surface area contributed by atoms with E-state index in [1.54, 1.807) is 12.1 Å². The molecule has 0 aliphatic rings. The van der Waals surface area contributed by atoms with E-state index in [9.17, 15) is 8.42 Å². The molecule has 0 aromatic heterocycles. The first-order valence-electron chi connectivity index (χ1n) is 8.62. The Bertz CT molecular complexity index is 744. The fourth-order valence-electron chi connectivity index (χ4n) is 2.76. The van der Waals surface area contributed by atoms with Crippen LogP contribution in [0.1, 0.15) is 49.3 Å². The fourth-order valence-corrected chi connectivity index (χ4v) is 3.96. The number of hydrogen-bond acceptors (Lipinski definition) is 2. The minimum absolute atomic E-state index is 0.308. The van der Waals surface area contributed by atoms with Crippen molar-refractivity contribution in [3.05, 3.63) is 59.2 Å². The number of rotatable bonds is 8. The Morgan fingerprint density at radius 1 is 0.875 bits per heavy atom. The van der Waals surface area contributed by atoms with E-state index in [4.69, 9.17) is 0 Å². The molecule has 130 valence electrons. The van der Waals surface area contributed by atoms with Gasteiger partial charge in [-0.05, 0) is 55.5 Å². The third-order valence-corrected chi connectivity index (χ3v) is 5.64. The van der Waals surface area contributed by atoms with E-state index in [0.29, 0.717) is 10.6 Å². The maximum absolute atomic E-state index is 12.6. The Morgan fingerprint density at radius 2 is 1.50 bits per heavy atom. The van der Waals surface area contributed by atoms with Gasteiger partial charge in [0.15, 0.2) is 0 Å². The van der Waals surface area contributed by atoms with Crippen molar-refractivity contribution in [3.63, 3.8) is 0 Å². The van der Waals surface area contributed by atoms with Gasteiger partial charge in [-0.15, -0.1) is 0 Å². The van der Waals surface area contributed by atoms with Gasteiger partial charge in [-0.2, -0.15) is 0 Å². The largest absolute Gasteiger partial charge is 0.279 e. The Kier molecular flexibility index (Phi) is 6.44. The van der Waals surface area contributed by atoms with Crippen LogP contribution >= 0.6 is 0 Å². The average Bonchev–Trinajstić information content (AvgIpc) is 2.56. The third kappa shape index (κ3) is 4.84. The van der Waals surface area contributed by atoms with E-state index in [1.807, 2.05) is 44.2 Å². The van der Waals surface area contributed by atoms with Crippen molar-refractivity contribution in [2.45, 2.75) is 57.8 Å². The second-order valence-electron chi connectivity index (χ2n) is 6.33. The molecule has 2 aromatic carbocycles. The molecular formula is C20H27NO2S. The lowest BCUT2D eigenvalue weighted by atomic mass is 10.1. The summed E-state index contributed by atoms with van der Waals surface area (Å²) in [4.78, 5) is 0.308. The minimum atomic E-state index is -3.55. The summed E-state index contributed by atoms with van der Waals surface area (Å²) < 4.78 is 27.9. The van der Waals surface area contributed by atoms with Crippen LogP contribution in [-0.2, 0) is 16.4 Å². The standard InChI is InChI=1S/C20H27NO2S/c1-4-5-6-7-11-18-12-14-19(15-13-18)24(22,23)21-20-16(2)9-8-10-17(20)3/h8-10,12-15,21H,4-7,11H2,1-3H3. The SMILES string of the molecule is CCCCCCc1ccc(S(=O)(=O)Nc2c(C)cccc2C)cc1. The van der Waals surface area contributed by atoms with Gasteiger partial charge in [-0.25, -0.2) is 8.42 Å². The zero-order valence-electron chi connectivity index (χ0n) is 14.8. The molecule has 0 aliphatic heterocycles. The predicted octanol–water partition coefficient (Wildman–Crippen LogP) is 5.23. The van der Waals surface area contributed by atoms with Gasteiger partial charge in [0.25, 0.3) is 10.0 Å². The molecule has 2 rings (SSSR count). The molecule has 0 aliphatic carbocycles. The van der Waals surface area contributed by atoms with E-state index in [2.05, 4.69) is 11.6 Å². The van der Waals surface area contributed by atoms with Crippen molar-refractivity contribution >= 4 is 15.7 Å². The molecule has 24 heavy (non-hydrogen) atoms. The normalized spacial score (nSPS) is 11.5. The molecular weight excluding hydrogens is 318 g/mol. The van der Waals surface area contributed by atoms with Gasteiger partial charge in [0, 0.05) is 0 Å². The van der Waals surface area contributed by atoms with Crippen molar-refractivity contribution < 1.29 is 8.42 Å². The summed E-state index contributed by atoms with van der Waals surface area (Å²) in [6.07, 6.45) is 5.86. The molecule has 0 atom stereocenters. The molecule has 0 amide bonds. The number of nitrogens with one attached hydrogen (secondary N) is 1. The lowest BCUT2D eigenvalue weighted by Gasteiger charge is -2.13. The van der Waals surface area contributed by atoms with Crippen LogP contribution in [0, 0.1) is 13.8 Å². The summed E-state index contributed by atoms with van der Waals surface area (Å²) in [5.41, 5.74) is 3.70. The molecule has 0 spiro atoms. The molecule has 0 saturated carbocycles. The number of para-hydroxylation sites is 1. The zero-order chi connectivity index (χ0) is 17.6. The third-order valence-electron chi connectivity index (χ3n) is 4.27. The molecule has 0 heterocycles. The maximum Gasteiger partial charge on any atom is 0.261 e. The van der Waals surface area contributed by atoms with Gasteiger partial charge >= 0.3 is 0 Å². The number of unbranched alkanes of at least 4 members (excludes halogenated alkanes) is 3. The number of aryl methyl sites for hydroxylation is 3. The van der Waals surface area contributed by atoms with Crippen molar-refractivity contribution in [3.8, 4) is 0 Å². The van der Waals surface area contributed by atoms with Crippen molar-refractivity contribution in [1.82, 2.24) is 0 Å². The van der Waals surface area contributed by atoms with Crippen molar-refractivity contribution in [2.75, 3.05) is 4.72 Å². The second-order valence-corrected chi connectivity index (χ2v) is 8.01. The highest BCUT2D eigenvalue weighted by Crippen LogP contribution is 2.23.